The van der Waals surface area contributed by atoms with Gasteiger partial charge >= 0.3 is 0 Å². The Morgan fingerprint density at radius 3 is 2.64 bits per heavy atom. The van der Waals surface area contributed by atoms with Gasteiger partial charge in [-0.15, -0.1) is 11.8 Å². The van der Waals surface area contributed by atoms with Gasteiger partial charge in [-0.2, -0.15) is 8.42 Å². The zero-order chi connectivity index (χ0) is 10.4. The highest BCUT2D eigenvalue weighted by molar-refractivity contribution is 7.99. The first kappa shape index (κ1) is 11.6. The molecule has 0 saturated heterocycles. The van der Waals surface area contributed by atoms with Crippen molar-refractivity contribution in [2.75, 3.05) is 18.6 Å². The van der Waals surface area contributed by atoms with Crippen molar-refractivity contribution < 1.29 is 12.6 Å². The zero-order valence-corrected chi connectivity index (χ0v) is 9.40. The first-order valence-electron chi connectivity index (χ1n) is 4.01. The second kappa shape index (κ2) is 5.38. The lowest BCUT2D eigenvalue weighted by Gasteiger charge is -2.01. The van der Waals surface area contributed by atoms with Crippen LogP contribution in [0, 0.1) is 6.07 Å². The van der Waals surface area contributed by atoms with Gasteiger partial charge < -0.3 is 0 Å². The van der Waals surface area contributed by atoms with E-state index in [4.69, 9.17) is 0 Å². The van der Waals surface area contributed by atoms with E-state index in [2.05, 4.69) is 10.2 Å². The Bertz CT molecular complexity index is 359. The predicted molar refractivity (Wildman–Crippen MR) is 56.8 cm³/mol. The van der Waals surface area contributed by atoms with Gasteiger partial charge in [0.15, 0.2) is 0 Å². The van der Waals surface area contributed by atoms with Crippen molar-refractivity contribution in [1.82, 2.24) is 0 Å². The summed E-state index contributed by atoms with van der Waals surface area (Å²) >= 11 is 1.55. The van der Waals surface area contributed by atoms with Crippen LogP contribution < -0.4 is 0 Å². The summed E-state index contributed by atoms with van der Waals surface area (Å²) in [5.74, 6) is 0.622. The van der Waals surface area contributed by atoms with E-state index in [1.165, 1.54) is 0 Å². The molecule has 3 nitrogen and oxygen atoms in total. The molecule has 0 fully saturated rings. The highest BCUT2D eigenvalue weighted by atomic mass is 32.2. The van der Waals surface area contributed by atoms with Gasteiger partial charge in [0.05, 0.1) is 12.9 Å². The highest BCUT2D eigenvalue weighted by Gasteiger charge is 2.00. The van der Waals surface area contributed by atoms with Crippen LogP contribution in [-0.4, -0.2) is 27.0 Å². The molecule has 1 radical (unpaired) electrons. The quantitative estimate of drug-likeness (QED) is 0.438. The van der Waals surface area contributed by atoms with Crippen molar-refractivity contribution in [2.24, 2.45) is 0 Å². The van der Waals surface area contributed by atoms with Crippen molar-refractivity contribution in [3.63, 3.8) is 0 Å². The third-order valence-electron chi connectivity index (χ3n) is 1.34. The molecule has 1 aromatic rings. The smallest absolute Gasteiger partial charge is 0.264 e. The molecule has 0 aromatic heterocycles. The molecule has 0 bridgehead atoms. The van der Waals surface area contributed by atoms with E-state index in [9.17, 15) is 8.42 Å². The van der Waals surface area contributed by atoms with Gasteiger partial charge in [-0.05, 0) is 18.2 Å². The average molecular weight is 231 g/mol. The number of rotatable bonds is 5. The van der Waals surface area contributed by atoms with Gasteiger partial charge in [-0.3, -0.25) is 4.18 Å². The second-order valence-electron chi connectivity index (χ2n) is 2.61. The van der Waals surface area contributed by atoms with E-state index >= 15 is 0 Å². The van der Waals surface area contributed by atoms with E-state index in [-0.39, 0.29) is 6.61 Å². The van der Waals surface area contributed by atoms with Crippen LogP contribution in [0.5, 0.6) is 0 Å². The minimum atomic E-state index is -3.30. The fourth-order valence-electron chi connectivity index (χ4n) is 0.813. The molecule has 1 rings (SSSR count). The maximum atomic E-state index is 10.6. The number of hydrogen-bond donors (Lipinski definition) is 0. The van der Waals surface area contributed by atoms with Crippen LogP contribution in [-0.2, 0) is 14.3 Å². The zero-order valence-electron chi connectivity index (χ0n) is 7.76. The van der Waals surface area contributed by atoms with Crippen molar-refractivity contribution in [1.29, 1.82) is 0 Å². The van der Waals surface area contributed by atoms with E-state index in [0.717, 1.165) is 11.2 Å². The van der Waals surface area contributed by atoms with Gasteiger partial charge in [-0.25, -0.2) is 0 Å². The van der Waals surface area contributed by atoms with E-state index in [1.54, 1.807) is 11.8 Å². The molecule has 0 heterocycles. The molecule has 77 valence electrons. The number of thioether (sulfide) groups is 1. The molecule has 5 heteroatoms. The summed E-state index contributed by atoms with van der Waals surface area (Å²) in [6.45, 7) is 0.210. The largest absolute Gasteiger partial charge is 0.269 e. The third-order valence-corrected chi connectivity index (χ3v) is 2.91. The van der Waals surface area contributed by atoms with E-state index < -0.39 is 10.1 Å². The van der Waals surface area contributed by atoms with Crippen molar-refractivity contribution in [3.05, 3.63) is 30.3 Å². The molecule has 0 N–H and O–H groups in total. The van der Waals surface area contributed by atoms with Crippen LogP contribution in [0.2, 0.25) is 0 Å². The van der Waals surface area contributed by atoms with Gasteiger partial charge in [0.1, 0.15) is 0 Å². The molecule has 0 saturated carbocycles. The summed E-state index contributed by atoms with van der Waals surface area (Å²) < 4.78 is 25.8. The van der Waals surface area contributed by atoms with Gasteiger partial charge in [0.2, 0.25) is 0 Å². The first-order valence-corrected chi connectivity index (χ1v) is 6.81. The Morgan fingerprint density at radius 1 is 1.43 bits per heavy atom. The minimum Gasteiger partial charge on any atom is -0.269 e. The summed E-state index contributed by atoms with van der Waals surface area (Å²) in [5, 5.41) is 0. The molecule has 1 aromatic carbocycles. The molecule has 0 spiro atoms. The van der Waals surface area contributed by atoms with Crippen LogP contribution in [0.4, 0.5) is 0 Å². The molecule has 0 atom stereocenters. The molecule has 0 aliphatic carbocycles. The number of hydrogen-bond acceptors (Lipinski definition) is 4. The molecule has 0 aliphatic rings. The van der Waals surface area contributed by atoms with Crippen LogP contribution in [0.1, 0.15) is 0 Å². The standard InChI is InChI=1S/C9H11O3S2/c1-14(10,11)12-7-8-13-9-5-3-2-4-6-9/h3-6H,7-8H2,1H3. The predicted octanol–water partition coefficient (Wildman–Crippen LogP) is 1.56. The third kappa shape index (κ3) is 5.26. The molecular formula is C9H11O3S2. The summed E-state index contributed by atoms with van der Waals surface area (Å²) in [6.07, 6.45) is 1.05. The van der Waals surface area contributed by atoms with Gasteiger partial charge in [0, 0.05) is 10.6 Å². The van der Waals surface area contributed by atoms with Gasteiger partial charge in [0.25, 0.3) is 10.1 Å². The summed E-state index contributed by atoms with van der Waals surface area (Å²) in [4.78, 5) is 1.08. The fourth-order valence-corrected chi connectivity index (χ4v) is 2.04. The molecule has 0 unspecified atom stereocenters. The van der Waals surface area contributed by atoms with Crippen molar-refractivity contribution in [3.8, 4) is 0 Å². The number of benzene rings is 1. The molecule has 14 heavy (non-hydrogen) atoms. The summed E-state index contributed by atoms with van der Waals surface area (Å²) in [6, 6.07) is 10.4. The highest BCUT2D eigenvalue weighted by Crippen LogP contribution is 2.16. The molecule has 0 aliphatic heterocycles. The molecule has 0 amide bonds. The molecular weight excluding hydrogens is 220 g/mol. The van der Waals surface area contributed by atoms with Crippen molar-refractivity contribution in [2.45, 2.75) is 4.90 Å². The second-order valence-corrected chi connectivity index (χ2v) is 5.42. The van der Waals surface area contributed by atoms with E-state index in [0.29, 0.717) is 5.75 Å². The normalized spacial score (nSPS) is 11.5. The van der Waals surface area contributed by atoms with Crippen LogP contribution in [0.25, 0.3) is 0 Å². The SMILES string of the molecule is CS(=O)(=O)OCCSc1cc[c]cc1. The monoisotopic (exact) mass is 231 g/mol. The Kier molecular flexibility index (Phi) is 4.44. The topological polar surface area (TPSA) is 43.4 Å². The summed E-state index contributed by atoms with van der Waals surface area (Å²) in [5.41, 5.74) is 0. The maximum Gasteiger partial charge on any atom is 0.264 e. The lowest BCUT2D eigenvalue weighted by molar-refractivity contribution is 0.345. The Hall–Kier alpha value is -0.520. The Morgan fingerprint density at radius 2 is 2.07 bits per heavy atom. The lowest BCUT2D eigenvalue weighted by atomic mass is 10.4. The van der Waals surface area contributed by atoms with Crippen LogP contribution >= 0.6 is 11.8 Å². The minimum absolute atomic E-state index is 0.210. The Balaban J connectivity index is 2.23. The van der Waals surface area contributed by atoms with Crippen LogP contribution in [0.3, 0.4) is 0 Å². The van der Waals surface area contributed by atoms with Gasteiger partial charge in [-0.1, -0.05) is 12.1 Å². The maximum absolute atomic E-state index is 10.6. The van der Waals surface area contributed by atoms with Crippen LogP contribution in [0.15, 0.2) is 29.2 Å². The Labute approximate surface area is 88.6 Å². The fraction of sp³-hybridized carbons (Fsp3) is 0.333. The lowest BCUT2D eigenvalue weighted by Crippen LogP contribution is -2.05. The van der Waals surface area contributed by atoms with E-state index in [1.807, 2.05) is 24.3 Å². The average Bonchev–Trinajstić information content (AvgIpc) is 2.13. The first-order chi connectivity index (χ1) is 6.58. The summed E-state index contributed by atoms with van der Waals surface area (Å²) in [7, 11) is -3.30. The van der Waals surface area contributed by atoms with Crippen molar-refractivity contribution >= 4 is 21.9 Å².